The smallest absolute Gasteiger partial charge is 0.305 e. The lowest BCUT2D eigenvalue weighted by Crippen LogP contribution is -2.47. The van der Waals surface area contributed by atoms with Gasteiger partial charge in [-0.15, -0.1) is 0 Å². The van der Waals surface area contributed by atoms with Crippen LogP contribution in [-0.4, -0.2) is 50.1 Å². The van der Waals surface area contributed by atoms with Gasteiger partial charge in [0.05, 0.1) is 13.2 Å². The second kappa shape index (κ2) is 12.3. The Balaban J connectivity index is 4.49. The number of nitrogens with one attached hydrogen (secondary N) is 2. The summed E-state index contributed by atoms with van der Waals surface area (Å²) in [5, 5.41) is 5.06. The molecule has 0 aromatic rings. The molecule has 0 aliphatic carbocycles. The molecule has 0 aliphatic heterocycles. The normalized spacial score (nSPS) is 12.7. The first-order chi connectivity index (χ1) is 11.3. The van der Waals surface area contributed by atoms with Crippen molar-refractivity contribution in [1.29, 1.82) is 0 Å². The molecule has 0 saturated carbocycles. The molecule has 138 valence electrons. The standard InChI is InChI=1S/C16H28N2O6/c1-5-23-13(19)9-7-11(3)15(21)18-12(16(22)17-4)8-10-14(20)24-6-2/h11-12H,5-10H2,1-4H3,(H,17,22)(H,18,21). The first-order valence-electron chi connectivity index (χ1n) is 8.18. The van der Waals surface area contributed by atoms with E-state index in [2.05, 4.69) is 10.6 Å². The van der Waals surface area contributed by atoms with Crippen molar-refractivity contribution in [3.63, 3.8) is 0 Å². The average Bonchev–Trinajstić information content (AvgIpc) is 2.55. The Morgan fingerprint density at radius 2 is 1.38 bits per heavy atom. The van der Waals surface area contributed by atoms with Crippen LogP contribution in [0.25, 0.3) is 0 Å². The topological polar surface area (TPSA) is 111 Å². The number of likely N-dealkylation sites (N-methyl/N-ethyl adjacent to an activating group) is 1. The molecule has 0 bridgehead atoms. The Morgan fingerprint density at radius 3 is 1.83 bits per heavy atom. The zero-order valence-electron chi connectivity index (χ0n) is 14.8. The first-order valence-corrected chi connectivity index (χ1v) is 8.18. The van der Waals surface area contributed by atoms with Gasteiger partial charge in [-0.1, -0.05) is 6.92 Å². The van der Waals surface area contributed by atoms with Crippen molar-refractivity contribution in [2.45, 2.75) is 52.5 Å². The zero-order valence-corrected chi connectivity index (χ0v) is 14.8. The number of ether oxygens (including phenoxy) is 2. The zero-order chi connectivity index (χ0) is 18.5. The highest BCUT2D eigenvalue weighted by Gasteiger charge is 2.24. The molecule has 2 unspecified atom stereocenters. The monoisotopic (exact) mass is 344 g/mol. The third-order valence-corrected chi connectivity index (χ3v) is 3.36. The number of hydrogen-bond donors (Lipinski definition) is 2. The summed E-state index contributed by atoms with van der Waals surface area (Å²) in [5.41, 5.74) is 0. The van der Waals surface area contributed by atoms with E-state index in [0.29, 0.717) is 13.0 Å². The fourth-order valence-corrected chi connectivity index (χ4v) is 1.95. The van der Waals surface area contributed by atoms with Crippen molar-refractivity contribution >= 4 is 23.8 Å². The number of carbonyl (C=O) groups excluding carboxylic acids is 4. The van der Waals surface area contributed by atoms with E-state index >= 15 is 0 Å². The molecule has 2 amide bonds. The minimum Gasteiger partial charge on any atom is -0.466 e. The third-order valence-electron chi connectivity index (χ3n) is 3.36. The fourth-order valence-electron chi connectivity index (χ4n) is 1.95. The summed E-state index contributed by atoms with van der Waals surface area (Å²) >= 11 is 0. The summed E-state index contributed by atoms with van der Waals surface area (Å²) in [6.45, 7) is 5.64. The third kappa shape index (κ3) is 9.12. The van der Waals surface area contributed by atoms with Crippen molar-refractivity contribution < 1.29 is 28.7 Å². The number of amides is 2. The summed E-state index contributed by atoms with van der Waals surface area (Å²) in [6, 6.07) is -0.822. The van der Waals surface area contributed by atoms with E-state index in [1.165, 1.54) is 7.05 Å². The second-order valence-corrected chi connectivity index (χ2v) is 5.26. The lowest BCUT2D eigenvalue weighted by molar-refractivity contribution is -0.145. The predicted molar refractivity (Wildman–Crippen MR) is 86.9 cm³/mol. The van der Waals surface area contributed by atoms with Gasteiger partial charge in [-0.25, -0.2) is 0 Å². The Hall–Kier alpha value is -2.12. The van der Waals surface area contributed by atoms with Crippen molar-refractivity contribution in [3.8, 4) is 0 Å². The molecule has 8 nitrogen and oxygen atoms in total. The summed E-state index contributed by atoms with van der Waals surface area (Å²) in [5.74, 6) is -1.97. The maximum Gasteiger partial charge on any atom is 0.305 e. The van der Waals surface area contributed by atoms with Crippen LogP contribution in [-0.2, 0) is 28.7 Å². The van der Waals surface area contributed by atoms with Crippen LogP contribution in [0.3, 0.4) is 0 Å². The van der Waals surface area contributed by atoms with E-state index < -0.39 is 17.9 Å². The van der Waals surface area contributed by atoms with Crippen LogP contribution < -0.4 is 10.6 Å². The van der Waals surface area contributed by atoms with Crippen LogP contribution in [0.15, 0.2) is 0 Å². The summed E-state index contributed by atoms with van der Waals surface area (Å²) < 4.78 is 9.62. The maximum absolute atomic E-state index is 12.2. The van der Waals surface area contributed by atoms with E-state index in [9.17, 15) is 19.2 Å². The van der Waals surface area contributed by atoms with Crippen LogP contribution in [0, 0.1) is 5.92 Å². The molecule has 0 aromatic carbocycles. The molecule has 2 atom stereocenters. The van der Waals surface area contributed by atoms with E-state index in [4.69, 9.17) is 9.47 Å². The minimum atomic E-state index is -0.822. The molecule has 8 heteroatoms. The first kappa shape index (κ1) is 21.9. The van der Waals surface area contributed by atoms with Gasteiger partial charge in [0.2, 0.25) is 11.8 Å². The molecule has 0 heterocycles. The Bertz CT molecular complexity index is 438. The van der Waals surface area contributed by atoms with Gasteiger partial charge in [-0.2, -0.15) is 0 Å². The fraction of sp³-hybridized carbons (Fsp3) is 0.750. The largest absolute Gasteiger partial charge is 0.466 e. The molecule has 0 aromatic heterocycles. The maximum atomic E-state index is 12.2. The highest BCUT2D eigenvalue weighted by molar-refractivity contribution is 5.88. The molecule has 0 aliphatic rings. The number of carbonyl (C=O) groups is 4. The van der Waals surface area contributed by atoms with Gasteiger partial charge in [0, 0.05) is 25.8 Å². The molecule has 0 radical (unpaired) electrons. The molecule has 0 saturated heterocycles. The van der Waals surface area contributed by atoms with Gasteiger partial charge in [0.25, 0.3) is 0 Å². The van der Waals surface area contributed by atoms with Gasteiger partial charge in [-0.3, -0.25) is 19.2 Å². The van der Waals surface area contributed by atoms with Gasteiger partial charge in [0.1, 0.15) is 6.04 Å². The van der Waals surface area contributed by atoms with Crippen LogP contribution in [0.2, 0.25) is 0 Å². The Labute approximate surface area is 142 Å². The van der Waals surface area contributed by atoms with E-state index in [1.54, 1.807) is 20.8 Å². The van der Waals surface area contributed by atoms with Crippen molar-refractivity contribution in [2.24, 2.45) is 5.92 Å². The number of rotatable bonds is 11. The van der Waals surface area contributed by atoms with Crippen LogP contribution >= 0.6 is 0 Å². The Kier molecular flexibility index (Phi) is 11.2. The van der Waals surface area contributed by atoms with Gasteiger partial charge in [-0.05, 0) is 26.7 Å². The van der Waals surface area contributed by atoms with Crippen LogP contribution in [0.5, 0.6) is 0 Å². The van der Waals surface area contributed by atoms with E-state index in [0.717, 1.165) is 0 Å². The minimum absolute atomic E-state index is 0.0312. The number of esters is 2. The summed E-state index contributed by atoms with van der Waals surface area (Å²) in [6.07, 6.45) is 0.636. The van der Waals surface area contributed by atoms with E-state index in [1.807, 2.05) is 0 Å². The van der Waals surface area contributed by atoms with Crippen molar-refractivity contribution in [2.75, 3.05) is 20.3 Å². The molecular formula is C16H28N2O6. The summed E-state index contributed by atoms with van der Waals surface area (Å²) in [7, 11) is 1.45. The highest BCUT2D eigenvalue weighted by atomic mass is 16.5. The predicted octanol–water partition coefficient (Wildman–Crippen LogP) is 0.540. The second-order valence-electron chi connectivity index (χ2n) is 5.26. The number of hydrogen-bond acceptors (Lipinski definition) is 6. The lowest BCUT2D eigenvalue weighted by atomic mass is 10.0. The molecular weight excluding hydrogens is 316 g/mol. The molecule has 0 spiro atoms. The van der Waals surface area contributed by atoms with Crippen molar-refractivity contribution in [1.82, 2.24) is 10.6 Å². The SMILES string of the molecule is CCOC(=O)CCC(C)C(=O)NC(CCC(=O)OCC)C(=O)NC. The lowest BCUT2D eigenvalue weighted by Gasteiger charge is -2.19. The van der Waals surface area contributed by atoms with Crippen molar-refractivity contribution in [3.05, 3.63) is 0 Å². The molecule has 2 N–H and O–H groups in total. The quantitative estimate of drug-likeness (QED) is 0.529. The van der Waals surface area contributed by atoms with E-state index in [-0.39, 0.29) is 43.7 Å². The van der Waals surface area contributed by atoms with Gasteiger partial charge in [0.15, 0.2) is 0 Å². The molecule has 0 fully saturated rings. The van der Waals surface area contributed by atoms with Gasteiger partial charge < -0.3 is 20.1 Å². The molecule has 0 rings (SSSR count). The van der Waals surface area contributed by atoms with Gasteiger partial charge >= 0.3 is 11.9 Å². The van der Waals surface area contributed by atoms with Crippen LogP contribution in [0.4, 0.5) is 0 Å². The molecule has 24 heavy (non-hydrogen) atoms. The van der Waals surface area contributed by atoms with Crippen LogP contribution in [0.1, 0.15) is 46.5 Å². The highest BCUT2D eigenvalue weighted by Crippen LogP contribution is 2.09. The summed E-state index contributed by atoms with van der Waals surface area (Å²) in [4.78, 5) is 46.7. The Morgan fingerprint density at radius 1 is 0.875 bits per heavy atom. The average molecular weight is 344 g/mol.